The number of nitriles is 1. The molecule has 0 bridgehead atoms. The molecule has 1 aliphatic heterocycles. The van der Waals surface area contributed by atoms with E-state index < -0.39 is 0 Å². The number of rotatable bonds is 0. The lowest BCUT2D eigenvalue weighted by Gasteiger charge is -2.22. The summed E-state index contributed by atoms with van der Waals surface area (Å²) in [7, 11) is 2.05. The Balaban J connectivity index is 2.07. The summed E-state index contributed by atoms with van der Waals surface area (Å²) in [4.78, 5) is 24.9. The van der Waals surface area contributed by atoms with Crippen molar-refractivity contribution in [3.8, 4) is 6.07 Å². The number of carbonyl (C=O) groups is 2. The first-order valence-electron chi connectivity index (χ1n) is 9.02. The first-order valence-corrected chi connectivity index (χ1v) is 9.02. The predicted octanol–water partition coefficient (Wildman–Crippen LogP) is 2.75. The summed E-state index contributed by atoms with van der Waals surface area (Å²) in [6.07, 6.45) is 0. The van der Waals surface area contributed by atoms with Gasteiger partial charge in [0.1, 0.15) is 7.85 Å². The molecule has 0 aliphatic carbocycles. The molecule has 1 heterocycles. The van der Waals surface area contributed by atoms with Crippen molar-refractivity contribution in [3.05, 3.63) is 65.2 Å². The number of carbonyl (C=O) groups excluding carboxylic acids is 2. The smallest absolute Gasteiger partial charge is 0.258 e. The zero-order valence-electron chi connectivity index (χ0n) is 14.9. The molecule has 0 unspecified atom stereocenters. The predicted molar refractivity (Wildman–Crippen MR) is 112 cm³/mol. The van der Waals surface area contributed by atoms with Gasteiger partial charge in [0.25, 0.3) is 11.8 Å². The molecule has 2 amide bonds. The van der Waals surface area contributed by atoms with E-state index in [0.717, 1.165) is 43.2 Å². The number of hydrogen-bond donors (Lipinski definition) is 1. The number of hydrogen-bond acceptors (Lipinski definition) is 3. The van der Waals surface area contributed by atoms with Crippen molar-refractivity contribution in [2.24, 2.45) is 0 Å². The van der Waals surface area contributed by atoms with Gasteiger partial charge in [-0.3, -0.25) is 14.9 Å². The van der Waals surface area contributed by atoms with Gasteiger partial charge in [0.2, 0.25) is 0 Å². The summed E-state index contributed by atoms with van der Waals surface area (Å²) in [6.45, 7) is 0. The molecule has 4 nitrogen and oxygen atoms in total. The van der Waals surface area contributed by atoms with E-state index in [4.69, 9.17) is 0 Å². The summed E-state index contributed by atoms with van der Waals surface area (Å²) in [5, 5.41) is 19.7. The summed E-state index contributed by atoms with van der Waals surface area (Å²) in [6, 6.07) is 17.7. The molecular weight excluding hydrogens is 347 g/mol. The van der Waals surface area contributed by atoms with Gasteiger partial charge >= 0.3 is 0 Å². The third-order valence-corrected chi connectivity index (χ3v) is 5.93. The van der Waals surface area contributed by atoms with Crippen LogP contribution in [0.1, 0.15) is 26.3 Å². The number of fused-ring (bicyclic) bond motifs is 2. The number of nitrogens with one attached hydrogen (secondary N) is 1. The van der Waals surface area contributed by atoms with Crippen molar-refractivity contribution in [3.63, 3.8) is 0 Å². The molecule has 6 rings (SSSR count). The zero-order chi connectivity index (χ0) is 19.2. The minimum absolute atomic E-state index is 0.379. The number of benzene rings is 5. The fraction of sp³-hybridized carbons (Fsp3) is 0. The van der Waals surface area contributed by atoms with E-state index >= 15 is 0 Å². The van der Waals surface area contributed by atoms with Crippen LogP contribution in [-0.2, 0) is 0 Å². The second kappa shape index (κ2) is 4.87. The van der Waals surface area contributed by atoms with Crippen molar-refractivity contribution in [1.82, 2.24) is 5.32 Å². The Kier molecular flexibility index (Phi) is 2.64. The van der Waals surface area contributed by atoms with Gasteiger partial charge in [-0.15, -0.1) is 0 Å². The second-order valence-electron chi connectivity index (χ2n) is 7.31. The molecule has 0 saturated heterocycles. The van der Waals surface area contributed by atoms with Crippen LogP contribution >= 0.6 is 0 Å². The van der Waals surface area contributed by atoms with Crippen molar-refractivity contribution >= 4 is 68.2 Å². The van der Waals surface area contributed by atoms with Gasteiger partial charge in [0, 0.05) is 21.9 Å². The number of nitrogens with zero attached hydrogens (tertiary/aromatic N) is 1. The lowest BCUT2D eigenvalue weighted by atomic mass is 9.79. The molecule has 0 radical (unpaired) electrons. The maximum atomic E-state index is 12.5. The Bertz CT molecular complexity index is 1570. The van der Waals surface area contributed by atoms with Gasteiger partial charge in [-0.25, -0.2) is 0 Å². The molecule has 1 N–H and O–H groups in total. The van der Waals surface area contributed by atoms with E-state index in [-0.39, 0.29) is 11.8 Å². The molecule has 0 aromatic heterocycles. The Labute approximate surface area is 160 Å². The summed E-state index contributed by atoms with van der Waals surface area (Å²) in [5.41, 5.74) is 2.69. The van der Waals surface area contributed by atoms with Crippen molar-refractivity contribution in [1.29, 1.82) is 5.26 Å². The van der Waals surface area contributed by atoms with E-state index in [2.05, 4.69) is 31.4 Å². The van der Waals surface area contributed by atoms with Crippen LogP contribution in [0.4, 0.5) is 0 Å². The standard InChI is InChI=1S/C23H11BN2O2/c24-16-8-3-10-1-2-11(9-25)17-12-4-6-14-20-15(23(28)26-22(14)27)7-5-13(19(12)20)21(16)18(10)17/h1-8H,24H2,(H,26,27,28). The van der Waals surface area contributed by atoms with Crippen LogP contribution in [0.3, 0.4) is 0 Å². The monoisotopic (exact) mass is 358 g/mol. The van der Waals surface area contributed by atoms with Crippen LogP contribution in [0.25, 0.3) is 43.1 Å². The fourth-order valence-electron chi connectivity index (χ4n) is 4.77. The lowest BCUT2D eigenvalue weighted by Crippen LogP contribution is -2.34. The second-order valence-corrected chi connectivity index (χ2v) is 7.31. The van der Waals surface area contributed by atoms with E-state index in [1.165, 1.54) is 0 Å². The van der Waals surface area contributed by atoms with Gasteiger partial charge in [-0.1, -0.05) is 35.8 Å². The highest BCUT2D eigenvalue weighted by Gasteiger charge is 2.28. The molecule has 5 heteroatoms. The number of amides is 2. The van der Waals surface area contributed by atoms with Crippen LogP contribution in [0.2, 0.25) is 0 Å². The van der Waals surface area contributed by atoms with E-state index in [9.17, 15) is 14.9 Å². The van der Waals surface area contributed by atoms with E-state index in [1.54, 1.807) is 12.1 Å². The number of imide groups is 1. The van der Waals surface area contributed by atoms with E-state index in [1.807, 2.05) is 24.3 Å². The van der Waals surface area contributed by atoms with Gasteiger partial charge in [0.05, 0.1) is 11.6 Å². The highest BCUT2D eigenvalue weighted by atomic mass is 16.2. The third kappa shape index (κ3) is 1.61. The molecule has 28 heavy (non-hydrogen) atoms. The average Bonchev–Trinajstić information content (AvgIpc) is 2.71. The van der Waals surface area contributed by atoms with Gasteiger partial charge < -0.3 is 0 Å². The van der Waals surface area contributed by atoms with Crippen LogP contribution in [0, 0.1) is 11.3 Å². The Morgan fingerprint density at radius 1 is 0.714 bits per heavy atom. The van der Waals surface area contributed by atoms with Gasteiger partial charge in [-0.05, 0) is 50.5 Å². The Morgan fingerprint density at radius 2 is 1.36 bits per heavy atom. The molecule has 1 aliphatic rings. The molecule has 0 atom stereocenters. The Hall–Kier alpha value is -3.91. The summed E-state index contributed by atoms with van der Waals surface area (Å²) < 4.78 is 0. The molecule has 128 valence electrons. The minimum Gasteiger partial charge on any atom is -0.288 e. The first kappa shape index (κ1) is 15.2. The van der Waals surface area contributed by atoms with Crippen molar-refractivity contribution in [2.75, 3.05) is 0 Å². The first-order chi connectivity index (χ1) is 13.6. The van der Waals surface area contributed by atoms with Crippen LogP contribution in [0.5, 0.6) is 0 Å². The SMILES string of the molecule is Bc1ccc2ccc(C#N)c3c4ccc5c6c(ccc(c1c23)c64)C(=O)NC5=O. The normalized spacial score (nSPS) is 13.5. The van der Waals surface area contributed by atoms with Crippen LogP contribution in [0.15, 0.2) is 48.5 Å². The third-order valence-electron chi connectivity index (χ3n) is 5.93. The fourth-order valence-corrected chi connectivity index (χ4v) is 4.77. The molecule has 5 aromatic carbocycles. The highest BCUT2D eigenvalue weighted by molar-refractivity contribution is 6.48. The van der Waals surface area contributed by atoms with Crippen molar-refractivity contribution in [2.45, 2.75) is 0 Å². The van der Waals surface area contributed by atoms with E-state index in [0.29, 0.717) is 22.1 Å². The largest absolute Gasteiger partial charge is 0.288 e. The zero-order valence-corrected chi connectivity index (χ0v) is 14.9. The quantitative estimate of drug-likeness (QED) is 0.200. The Morgan fingerprint density at radius 3 is 2.04 bits per heavy atom. The van der Waals surface area contributed by atoms with Crippen LogP contribution in [-0.4, -0.2) is 19.7 Å². The molecule has 5 aromatic rings. The van der Waals surface area contributed by atoms with Gasteiger partial charge in [0.15, 0.2) is 0 Å². The maximum absolute atomic E-state index is 12.5. The van der Waals surface area contributed by atoms with Crippen LogP contribution < -0.4 is 10.8 Å². The molecular formula is C23H11BN2O2. The summed E-state index contributed by atoms with van der Waals surface area (Å²) >= 11 is 0. The minimum atomic E-state index is -0.379. The molecule has 0 fully saturated rings. The molecule has 0 spiro atoms. The summed E-state index contributed by atoms with van der Waals surface area (Å²) in [5.74, 6) is -0.758. The lowest BCUT2D eigenvalue weighted by molar-refractivity contribution is 0.0845. The topological polar surface area (TPSA) is 70.0 Å². The maximum Gasteiger partial charge on any atom is 0.258 e. The van der Waals surface area contributed by atoms with Gasteiger partial charge in [-0.2, -0.15) is 5.26 Å². The average molecular weight is 358 g/mol. The van der Waals surface area contributed by atoms with Crippen molar-refractivity contribution < 1.29 is 9.59 Å². The highest BCUT2D eigenvalue weighted by Crippen LogP contribution is 2.43. The molecule has 0 saturated carbocycles.